The lowest BCUT2D eigenvalue weighted by atomic mass is 10.1. The highest BCUT2D eigenvalue weighted by Gasteiger charge is 2.18. The van der Waals surface area contributed by atoms with E-state index in [4.69, 9.17) is 4.63 Å². The molecule has 0 bridgehead atoms. The molecule has 0 atom stereocenters. The average Bonchev–Trinajstić information content (AvgIpc) is 2.97. The summed E-state index contributed by atoms with van der Waals surface area (Å²) in [4.78, 5) is 14.3. The highest BCUT2D eigenvalue weighted by molar-refractivity contribution is 5.94. The van der Waals surface area contributed by atoms with Gasteiger partial charge in [0.2, 0.25) is 11.7 Å². The number of aromatic nitrogens is 2. The summed E-state index contributed by atoms with van der Waals surface area (Å²) in [5, 5.41) is 10.4. The van der Waals surface area contributed by atoms with Gasteiger partial charge >= 0.3 is 0 Å². The fourth-order valence-electron chi connectivity index (χ4n) is 2.55. The molecule has 0 unspecified atom stereocenters. The Labute approximate surface area is 123 Å². The third-order valence-corrected chi connectivity index (χ3v) is 3.61. The molecule has 6 nitrogen and oxygen atoms in total. The molecule has 1 aliphatic rings. The number of rotatable bonds is 4. The molecule has 1 amide bonds. The average molecular weight is 286 g/mol. The molecule has 1 N–H and O–H groups in total. The maximum absolute atomic E-state index is 12.1. The molecule has 1 aromatic carbocycles. The van der Waals surface area contributed by atoms with Crippen molar-refractivity contribution in [2.24, 2.45) is 0 Å². The van der Waals surface area contributed by atoms with Gasteiger partial charge in [0.1, 0.15) is 0 Å². The number of carbonyl (C=O) groups excluding carboxylic acids is 1. The predicted octanol–water partition coefficient (Wildman–Crippen LogP) is 2.16. The van der Waals surface area contributed by atoms with Crippen molar-refractivity contribution in [1.82, 2.24) is 15.2 Å². The van der Waals surface area contributed by atoms with Gasteiger partial charge in [-0.15, -0.1) is 0 Å². The number of hydrogen-bond acceptors (Lipinski definition) is 5. The second kappa shape index (κ2) is 6.49. The number of anilines is 1. The van der Waals surface area contributed by atoms with E-state index in [2.05, 4.69) is 20.5 Å². The van der Waals surface area contributed by atoms with Crippen LogP contribution in [-0.2, 0) is 4.79 Å². The number of carbonyl (C=O) groups is 1. The molecule has 1 saturated heterocycles. The standard InChI is InChI=1S/C15H18N4O2/c20-13(11-19-9-5-2-6-10-19)16-15-14(17-21-18-15)12-7-3-1-4-8-12/h1,3-4,7-8H,2,5-6,9-11H2,(H,16,18,20). The maximum Gasteiger partial charge on any atom is 0.239 e. The van der Waals surface area contributed by atoms with Crippen molar-refractivity contribution in [2.75, 3.05) is 25.0 Å². The third kappa shape index (κ3) is 3.46. The summed E-state index contributed by atoms with van der Waals surface area (Å²) < 4.78 is 4.76. The predicted molar refractivity (Wildman–Crippen MR) is 78.7 cm³/mol. The lowest BCUT2D eigenvalue weighted by Crippen LogP contribution is -2.36. The largest absolute Gasteiger partial charge is 0.305 e. The molecule has 0 saturated carbocycles. The van der Waals surface area contributed by atoms with E-state index in [0.29, 0.717) is 18.1 Å². The first kappa shape index (κ1) is 13.8. The first-order valence-electron chi connectivity index (χ1n) is 7.23. The summed E-state index contributed by atoms with van der Waals surface area (Å²) >= 11 is 0. The van der Waals surface area contributed by atoms with Crippen LogP contribution in [0.5, 0.6) is 0 Å². The van der Waals surface area contributed by atoms with Crippen molar-refractivity contribution in [3.8, 4) is 11.3 Å². The second-order valence-electron chi connectivity index (χ2n) is 5.21. The van der Waals surface area contributed by atoms with Gasteiger partial charge in [0.15, 0.2) is 5.69 Å². The van der Waals surface area contributed by atoms with Gasteiger partial charge in [-0.2, -0.15) is 0 Å². The van der Waals surface area contributed by atoms with Gasteiger partial charge in [0.05, 0.1) is 6.54 Å². The molecule has 2 aromatic rings. The van der Waals surface area contributed by atoms with Gasteiger partial charge < -0.3 is 5.32 Å². The van der Waals surface area contributed by atoms with Crippen LogP contribution >= 0.6 is 0 Å². The SMILES string of the molecule is O=C(CN1CCCCC1)Nc1nonc1-c1ccccc1. The zero-order valence-corrected chi connectivity index (χ0v) is 11.8. The van der Waals surface area contributed by atoms with E-state index < -0.39 is 0 Å². The normalized spacial score (nSPS) is 15.8. The highest BCUT2D eigenvalue weighted by Crippen LogP contribution is 2.23. The van der Waals surface area contributed by atoms with Crippen LogP contribution in [0, 0.1) is 0 Å². The van der Waals surface area contributed by atoms with E-state index in [9.17, 15) is 4.79 Å². The summed E-state index contributed by atoms with van der Waals surface area (Å²) in [5.41, 5.74) is 1.43. The van der Waals surface area contributed by atoms with Gasteiger partial charge in [-0.1, -0.05) is 36.8 Å². The minimum absolute atomic E-state index is 0.0789. The lowest BCUT2D eigenvalue weighted by Gasteiger charge is -2.25. The number of benzene rings is 1. The molecule has 3 rings (SSSR count). The number of nitrogens with zero attached hydrogens (tertiary/aromatic N) is 3. The Morgan fingerprint density at radius 1 is 1.14 bits per heavy atom. The van der Waals surface area contributed by atoms with E-state index >= 15 is 0 Å². The number of likely N-dealkylation sites (tertiary alicyclic amines) is 1. The van der Waals surface area contributed by atoms with Crippen molar-refractivity contribution in [3.05, 3.63) is 30.3 Å². The molecule has 0 radical (unpaired) electrons. The lowest BCUT2D eigenvalue weighted by molar-refractivity contribution is -0.117. The quantitative estimate of drug-likeness (QED) is 0.932. The summed E-state index contributed by atoms with van der Waals surface area (Å²) in [7, 11) is 0. The van der Waals surface area contributed by atoms with Crippen molar-refractivity contribution in [3.63, 3.8) is 0 Å². The molecular weight excluding hydrogens is 268 g/mol. The molecule has 0 spiro atoms. The zero-order valence-electron chi connectivity index (χ0n) is 11.8. The van der Waals surface area contributed by atoms with E-state index in [0.717, 1.165) is 31.5 Å². The van der Waals surface area contributed by atoms with Gasteiger partial charge in [-0.05, 0) is 36.2 Å². The van der Waals surface area contributed by atoms with Crippen molar-refractivity contribution in [1.29, 1.82) is 0 Å². The van der Waals surface area contributed by atoms with Gasteiger partial charge in [0.25, 0.3) is 0 Å². The van der Waals surface area contributed by atoms with E-state index in [-0.39, 0.29) is 5.91 Å². The fourth-order valence-corrected chi connectivity index (χ4v) is 2.55. The number of piperidine rings is 1. The Bertz CT molecular complexity index is 591. The van der Waals surface area contributed by atoms with E-state index in [1.165, 1.54) is 6.42 Å². The maximum atomic E-state index is 12.1. The van der Waals surface area contributed by atoms with Crippen molar-refractivity contribution in [2.45, 2.75) is 19.3 Å². The van der Waals surface area contributed by atoms with E-state index in [1.807, 2.05) is 30.3 Å². The summed E-state index contributed by atoms with van der Waals surface area (Å²) in [5.74, 6) is 0.299. The first-order valence-corrected chi connectivity index (χ1v) is 7.23. The summed E-state index contributed by atoms with van der Waals surface area (Å²) in [6.45, 7) is 2.35. The van der Waals surface area contributed by atoms with Crippen LogP contribution in [0.1, 0.15) is 19.3 Å². The van der Waals surface area contributed by atoms with E-state index in [1.54, 1.807) is 0 Å². The molecule has 1 fully saturated rings. The van der Waals surface area contributed by atoms with Gasteiger partial charge in [0, 0.05) is 5.56 Å². The van der Waals surface area contributed by atoms with Crippen LogP contribution in [-0.4, -0.2) is 40.8 Å². The highest BCUT2D eigenvalue weighted by atomic mass is 16.6. The Balaban J connectivity index is 1.65. The summed E-state index contributed by atoms with van der Waals surface area (Å²) in [6, 6.07) is 9.54. The van der Waals surface area contributed by atoms with Gasteiger partial charge in [-0.25, -0.2) is 4.63 Å². The first-order chi connectivity index (χ1) is 10.3. The zero-order chi connectivity index (χ0) is 14.5. The number of amides is 1. The number of hydrogen-bond donors (Lipinski definition) is 1. The third-order valence-electron chi connectivity index (χ3n) is 3.61. The van der Waals surface area contributed by atoms with Crippen molar-refractivity contribution < 1.29 is 9.42 Å². The molecule has 2 heterocycles. The Morgan fingerprint density at radius 3 is 2.67 bits per heavy atom. The molecule has 1 aliphatic heterocycles. The molecular formula is C15H18N4O2. The van der Waals surface area contributed by atoms with Crippen LogP contribution in [0.25, 0.3) is 11.3 Å². The summed E-state index contributed by atoms with van der Waals surface area (Å²) in [6.07, 6.45) is 3.58. The minimum Gasteiger partial charge on any atom is -0.305 e. The molecule has 0 aliphatic carbocycles. The molecule has 6 heteroatoms. The molecule has 21 heavy (non-hydrogen) atoms. The topological polar surface area (TPSA) is 71.3 Å². The minimum atomic E-state index is -0.0789. The number of nitrogens with one attached hydrogen (secondary N) is 1. The van der Waals surface area contributed by atoms with Crippen LogP contribution in [0.3, 0.4) is 0 Å². The Hall–Kier alpha value is -2.21. The Kier molecular flexibility index (Phi) is 4.25. The van der Waals surface area contributed by atoms with Crippen LogP contribution in [0.15, 0.2) is 35.0 Å². The Morgan fingerprint density at radius 2 is 1.90 bits per heavy atom. The molecule has 110 valence electrons. The van der Waals surface area contributed by atoms with Gasteiger partial charge in [-0.3, -0.25) is 9.69 Å². The van der Waals surface area contributed by atoms with Crippen LogP contribution in [0.2, 0.25) is 0 Å². The molecule has 1 aromatic heterocycles. The van der Waals surface area contributed by atoms with Crippen LogP contribution in [0.4, 0.5) is 5.82 Å². The second-order valence-corrected chi connectivity index (χ2v) is 5.21. The smallest absolute Gasteiger partial charge is 0.239 e. The fraction of sp³-hybridized carbons (Fsp3) is 0.400. The monoisotopic (exact) mass is 286 g/mol. The van der Waals surface area contributed by atoms with Crippen LogP contribution < -0.4 is 5.32 Å². The van der Waals surface area contributed by atoms with Crippen molar-refractivity contribution >= 4 is 11.7 Å².